The van der Waals surface area contributed by atoms with Crippen LogP contribution in [0, 0.1) is 6.92 Å². The van der Waals surface area contributed by atoms with Gasteiger partial charge in [-0.3, -0.25) is 4.79 Å². The maximum atomic E-state index is 10.3. The number of carboxylic acids is 1. The van der Waals surface area contributed by atoms with Crippen LogP contribution in [0.3, 0.4) is 0 Å². The Labute approximate surface area is 99.5 Å². The summed E-state index contributed by atoms with van der Waals surface area (Å²) in [5.41, 5.74) is 0. The minimum atomic E-state index is -0.906. The van der Waals surface area contributed by atoms with E-state index in [0.29, 0.717) is 5.89 Å². The lowest BCUT2D eigenvalue weighted by Gasteiger charge is -1.88. The van der Waals surface area contributed by atoms with E-state index in [1.54, 1.807) is 11.3 Å². The van der Waals surface area contributed by atoms with Gasteiger partial charge in [-0.2, -0.15) is 0 Å². The first-order valence-corrected chi connectivity index (χ1v) is 6.20. The number of aryl methyl sites for hydroxylation is 1. The van der Waals surface area contributed by atoms with Gasteiger partial charge in [0.25, 0.3) is 11.1 Å². The maximum Gasteiger partial charge on any atom is 0.314 e. The van der Waals surface area contributed by atoms with Crippen molar-refractivity contribution in [1.29, 1.82) is 0 Å². The predicted molar refractivity (Wildman–Crippen MR) is 60.7 cm³/mol. The number of rotatable bonds is 4. The topological polar surface area (TPSA) is 76.2 Å². The standard InChI is InChI=1S/C9H8N2O3S2/c1-5-2-3-6(16-5)8-10-11-9(14-8)15-4-7(12)13/h2-3H,4H2,1H3,(H,12,13). The molecule has 5 nitrogen and oxygen atoms in total. The van der Waals surface area contributed by atoms with E-state index in [1.807, 2.05) is 19.1 Å². The van der Waals surface area contributed by atoms with Crippen molar-refractivity contribution in [3.63, 3.8) is 0 Å². The SMILES string of the molecule is Cc1ccc(-c2nnc(SCC(=O)O)o2)s1. The summed E-state index contributed by atoms with van der Waals surface area (Å²) in [4.78, 5) is 12.4. The summed E-state index contributed by atoms with van der Waals surface area (Å²) in [6.45, 7) is 1.99. The van der Waals surface area contributed by atoms with Gasteiger partial charge in [-0.15, -0.1) is 21.5 Å². The molecule has 0 amide bonds. The largest absolute Gasteiger partial charge is 0.481 e. The van der Waals surface area contributed by atoms with Crippen LogP contribution in [-0.4, -0.2) is 27.0 Å². The first-order chi connectivity index (χ1) is 7.65. The number of thiophene rings is 1. The van der Waals surface area contributed by atoms with Crippen molar-refractivity contribution in [2.75, 3.05) is 5.75 Å². The number of aliphatic carboxylic acids is 1. The van der Waals surface area contributed by atoms with E-state index in [-0.39, 0.29) is 11.0 Å². The Kier molecular flexibility index (Phi) is 3.25. The van der Waals surface area contributed by atoms with Gasteiger partial charge in [0.1, 0.15) is 5.75 Å². The Morgan fingerprint density at radius 2 is 2.38 bits per heavy atom. The molecular weight excluding hydrogens is 248 g/mol. The van der Waals surface area contributed by atoms with Gasteiger partial charge in [0.15, 0.2) is 0 Å². The minimum Gasteiger partial charge on any atom is -0.481 e. The van der Waals surface area contributed by atoms with Crippen molar-refractivity contribution in [2.24, 2.45) is 0 Å². The van der Waals surface area contributed by atoms with Gasteiger partial charge in [0, 0.05) is 4.88 Å². The number of nitrogens with zero attached hydrogens (tertiary/aromatic N) is 2. The number of carbonyl (C=O) groups is 1. The molecule has 0 spiro atoms. The molecule has 0 saturated carbocycles. The Bertz CT molecular complexity index is 506. The molecule has 2 aromatic heterocycles. The predicted octanol–water partition coefficient (Wildman–Crippen LogP) is 2.28. The van der Waals surface area contributed by atoms with Crippen molar-refractivity contribution in [1.82, 2.24) is 10.2 Å². The molecule has 1 N–H and O–H groups in total. The smallest absolute Gasteiger partial charge is 0.314 e. The fourth-order valence-electron chi connectivity index (χ4n) is 1.04. The Balaban J connectivity index is 2.10. The average Bonchev–Trinajstić information content (AvgIpc) is 2.83. The summed E-state index contributed by atoms with van der Waals surface area (Å²) in [5.74, 6) is -0.548. The fraction of sp³-hybridized carbons (Fsp3) is 0.222. The van der Waals surface area contributed by atoms with Crippen LogP contribution in [-0.2, 0) is 4.79 Å². The van der Waals surface area contributed by atoms with Crippen molar-refractivity contribution in [2.45, 2.75) is 12.1 Å². The van der Waals surface area contributed by atoms with Crippen LogP contribution in [0.25, 0.3) is 10.8 Å². The van der Waals surface area contributed by atoms with Crippen LogP contribution < -0.4 is 0 Å². The third-order valence-electron chi connectivity index (χ3n) is 1.68. The molecule has 0 aliphatic carbocycles. The van der Waals surface area contributed by atoms with Crippen molar-refractivity contribution in [3.8, 4) is 10.8 Å². The second-order valence-corrected chi connectivity index (χ2v) is 5.18. The molecule has 0 unspecified atom stereocenters. The normalized spacial score (nSPS) is 10.6. The minimum absolute atomic E-state index is 0.0783. The molecular formula is C9H8N2O3S2. The van der Waals surface area contributed by atoms with Gasteiger partial charge >= 0.3 is 5.97 Å². The van der Waals surface area contributed by atoms with Gasteiger partial charge in [-0.1, -0.05) is 11.8 Å². The molecule has 2 heterocycles. The van der Waals surface area contributed by atoms with Crippen LogP contribution >= 0.6 is 23.1 Å². The number of aromatic nitrogens is 2. The molecule has 0 aliphatic rings. The van der Waals surface area contributed by atoms with Gasteiger partial charge in [-0.25, -0.2) is 0 Å². The summed E-state index contributed by atoms with van der Waals surface area (Å²) >= 11 is 2.57. The zero-order valence-corrected chi connectivity index (χ0v) is 9.97. The van der Waals surface area contributed by atoms with Crippen LogP contribution in [0.4, 0.5) is 0 Å². The van der Waals surface area contributed by atoms with E-state index >= 15 is 0 Å². The molecule has 16 heavy (non-hydrogen) atoms. The van der Waals surface area contributed by atoms with Gasteiger partial charge < -0.3 is 9.52 Å². The molecule has 2 aromatic rings. The second-order valence-electron chi connectivity index (χ2n) is 2.97. The van der Waals surface area contributed by atoms with Gasteiger partial charge in [0.2, 0.25) is 0 Å². The Morgan fingerprint density at radius 3 is 3.00 bits per heavy atom. The zero-order chi connectivity index (χ0) is 11.5. The van der Waals surface area contributed by atoms with E-state index in [0.717, 1.165) is 21.5 Å². The molecule has 0 atom stereocenters. The van der Waals surface area contributed by atoms with Crippen LogP contribution in [0.5, 0.6) is 0 Å². The Morgan fingerprint density at radius 1 is 1.56 bits per heavy atom. The average molecular weight is 256 g/mol. The molecule has 84 valence electrons. The number of hydrogen-bond donors (Lipinski definition) is 1. The highest BCUT2D eigenvalue weighted by atomic mass is 32.2. The molecule has 0 radical (unpaired) electrons. The summed E-state index contributed by atoms with van der Waals surface area (Å²) in [6.07, 6.45) is 0. The van der Waals surface area contributed by atoms with Crippen molar-refractivity contribution >= 4 is 29.1 Å². The molecule has 0 aliphatic heterocycles. The number of carboxylic acid groups (broad SMARTS) is 1. The molecule has 0 aromatic carbocycles. The van der Waals surface area contributed by atoms with Gasteiger partial charge in [0.05, 0.1) is 4.88 Å². The first kappa shape index (κ1) is 11.2. The molecule has 7 heteroatoms. The molecule has 0 saturated heterocycles. The molecule has 2 rings (SSSR count). The summed E-state index contributed by atoms with van der Waals surface area (Å²) in [5, 5.41) is 16.4. The highest BCUT2D eigenvalue weighted by Gasteiger charge is 2.11. The van der Waals surface area contributed by atoms with E-state index in [9.17, 15) is 4.79 Å². The van der Waals surface area contributed by atoms with Crippen LogP contribution in [0.15, 0.2) is 21.8 Å². The summed E-state index contributed by atoms with van der Waals surface area (Å²) in [6, 6.07) is 3.87. The number of hydrogen-bond acceptors (Lipinski definition) is 6. The lowest BCUT2D eigenvalue weighted by atomic mass is 10.4. The summed E-state index contributed by atoms with van der Waals surface area (Å²) in [7, 11) is 0. The summed E-state index contributed by atoms with van der Waals surface area (Å²) < 4.78 is 5.32. The second kappa shape index (κ2) is 4.67. The third kappa shape index (κ3) is 2.61. The quantitative estimate of drug-likeness (QED) is 0.846. The first-order valence-electron chi connectivity index (χ1n) is 4.40. The van der Waals surface area contributed by atoms with E-state index in [2.05, 4.69) is 10.2 Å². The third-order valence-corrected chi connectivity index (χ3v) is 3.47. The monoisotopic (exact) mass is 256 g/mol. The molecule has 0 fully saturated rings. The molecule has 0 bridgehead atoms. The number of thioether (sulfide) groups is 1. The van der Waals surface area contributed by atoms with E-state index in [4.69, 9.17) is 9.52 Å². The van der Waals surface area contributed by atoms with E-state index in [1.165, 1.54) is 0 Å². The van der Waals surface area contributed by atoms with Crippen LogP contribution in [0.2, 0.25) is 0 Å². The van der Waals surface area contributed by atoms with Crippen molar-refractivity contribution < 1.29 is 14.3 Å². The van der Waals surface area contributed by atoms with Gasteiger partial charge in [-0.05, 0) is 19.1 Å². The van der Waals surface area contributed by atoms with Crippen LogP contribution in [0.1, 0.15) is 4.88 Å². The Hall–Kier alpha value is -1.34. The highest BCUT2D eigenvalue weighted by Crippen LogP contribution is 2.28. The van der Waals surface area contributed by atoms with E-state index < -0.39 is 5.97 Å². The highest BCUT2D eigenvalue weighted by molar-refractivity contribution is 7.99. The lowest BCUT2D eigenvalue weighted by Crippen LogP contribution is -1.97. The maximum absolute atomic E-state index is 10.3. The van der Waals surface area contributed by atoms with Crippen molar-refractivity contribution in [3.05, 3.63) is 17.0 Å². The zero-order valence-electron chi connectivity index (χ0n) is 8.34. The fourth-order valence-corrected chi connectivity index (χ4v) is 2.31. The lowest BCUT2D eigenvalue weighted by molar-refractivity contribution is -0.133.